The molecule has 7 rings (SSSR count). The van der Waals surface area contributed by atoms with Crippen molar-refractivity contribution < 1.29 is 18.9 Å². The average molecular weight is 583 g/mol. The van der Waals surface area contributed by atoms with Crippen molar-refractivity contribution in [1.82, 2.24) is 0 Å². The van der Waals surface area contributed by atoms with E-state index in [1.54, 1.807) is 0 Å². The lowest BCUT2D eigenvalue weighted by Gasteiger charge is -2.07. The first-order chi connectivity index (χ1) is 19.7. The normalized spacial score (nSPS) is 15.6. The molecule has 2 unspecified atom stereocenters. The monoisotopic (exact) mass is 582 g/mol. The third-order valence-electron chi connectivity index (χ3n) is 6.99. The van der Waals surface area contributed by atoms with Crippen LogP contribution in [0.3, 0.4) is 0 Å². The fourth-order valence-corrected chi connectivity index (χ4v) is 4.35. The first kappa shape index (κ1) is 35.3. The highest BCUT2D eigenvalue weighted by molar-refractivity contribution is 5.88. The van der Waals surface area contributed by atoms with E-state index < -0.39 is 0 Å². The summed E-state index contributed by atoms with van der Waals surface area (Å²) in [4.78, 5) is 0. The Morgan fingerprint density at radius 2 is 0.860 bits per heavy atom. The SMILES string of the molecule is C.C.C.CCc1ccc(CC)cc1.c1ccc2c(OCC3CO3)cccc2c1.c1ccc2c(OCC3CO3)cccc2c1. The molecule has 43 heavy (non-hydrogen) atoms. The Hall–Kier alpha value is -3.86. The number of ether oxygens (including phenoxy) is 4. The fourth-order valence-electron chi connectivity index (χ4n) is 4.35. The lowest BCUT2D eigenvalue weighted by Crippen LogP contribution is -2.04. The van der Waals surface area contributed by atoms with Gasteiger partial charge in [0.15, 0.2) is 0 Å². The summed E-state index contributed by atoms with van der Waals surface area (Å²) in [6.07, 6.45) is 2.90. The van der Waals surface area contributed by atoms with Crippen LogP contribution < -0.4 is 9.47 Å². The van der Waals surface area contributed by atoms with E-state index in [1.807, 2.05) is 48.5 Å². The Balaban J connectivity index is 0.000000223. The van der Waals surface area contributed by atoms with Crippen molar-refractivity contribution in [2.75, 3.05) is 26.4 Å². The van der Waals surface area contributed by atoms with Crippen LogP contribution in [0, 0.1) is 0 Å². The van der Waals surface area contributed by atoms with E-state index in [4.69, 9.17) is 18.9 Å². The van der Waals surface area contributed by atoms with Crippen LogP contribution in [0.15, 0.2) is 109 Å². The zero-order valence-electron chi connectivity index (χ0n) is 23.4. The van der Waals surface area contributed by atoms with Crippen molar-refractivity contribution in [2.24, 2.45) is 0 Å². The molecule has 0 saturated carbocycles. The van der Waals surface area contributed by atoms with Gasteiger partial charge in [0.1, 0.15) is 36.9 Å². The molecular formula is C39H50O4. The topological polar surface area (TPSA) is 43.5 Å². The van der Waals surface area contributed by atoms with Gasteiger partial charge in [-0.25, -0.2) is 0 Å². The second-order valence-electron chi connectivity index (χ2n) is 10.0. The van der Waals surface area contributed by atoms with Crippen LogP contribution in [0.25, 0.3) is 21.5 Å². The first-order valence-corrected chi connectivity index (χ1v) is 14.3. The number of fused-ring (bicyclic) bond motifs is 2. The number of benzene rings is 5. The lowest BCUT2D eigenvalue weighted by molar-refractivity contribution is 0.265. The first-order valence-electron chi connectivity index (χ1n) is 14.3. The minimum Gasteiger partial charge on any atom is -0.490 e. The number of aryl methyl sites for hydroxylation is 2. The van der Waals surface area contributed by atoms with E-state index in [-0.39, 0.29) is 22.3 Å². The molecule has 2 heterocycles. The second-order valence-corrected chi connectivity index (χ2v) is 10.0. The van der Waals surface area contributed by atoms with Crippen LogP contribution >= 0.6 is 0 Å². The Kier molecular flexibility index (Phi) is 14.7. The van der Waals surface area contributed by atoms with Gasteiger partial charge in [-0.3, -0.25) is 0 Å². The predicted octanol–water partition coefficient (Wildman–Crippen LogP) is 9.95. The average Bonchev–Trinajstić information content (AvgIpc) is 3.96. The molecule has 4 heteroatoms. The highest BCUT2D eigenvalue weighted by Gasteiger charge is 2.24. The van der Waals surface area contributed by atoms with Crippen LogP contribution in [0.4, 0.5) is 0 Å². The molecule has 0 bridgehead atoms. The van der Waals surface area contributed by atoms with Crippen LogP contribution in [0.5, 0.6) is 11.5 Å². The van der Waals surface area contributed by atoms with E-state index >= 15 is 0 Å². The van der Waals surface area contributed by atoms with Crippen molar-refractivity contribution in [3.63, 3.8) is 0 Å². The maximum atomic E-state index is 5.72. The van der Waals surface area contributed by atoms with Crippen molar-refractivity contribution >= 4 is 21.5 Å². The zero-order valence-corrected chi connectivity index (χ0v) is 23.4. The number of hydrogen-bond donors (Lipinski definition) is 0. The summed E-state index contributed by atoms with van der Waals surface area (Å²) >= 11 is 0. The summed E-state index contributed by atoms with van der Waals surface area (Å²) in [5, 5.41) is 4.76. The van der Waals surface area contributed by atoms with Crippen molar-refractivity contribution in [3.8, 4) is 11.5 Å². The van der Waals surface area contributed by atoms with Crippen molar-refractivity contribution in [2.45, 2.75) is 61.2 Å². The lowest BCUT2D eigenvalue weighted by atomic mass is 10.1. The predicted molar refractivity (Wildman–Crippen MR) is 184 cm³/mol. The van der Waals surface area contributed by atoms with Gasteiger partial charge in [-0.1, -0.05) is 133 Å². The Morgan fingerprint density at radius 1 is 0.512 bits per heavy atom. The van der Waals surface area contributed by atoms with Crippen LogP contribution in [0.1, 0.15) is 47.3 Å². The summed E-state index contributed by atoms with van der Waals surface area (Å²) in [6, 6.07) is 37.5. The van der Waals surface area contributed by atoms with Gasteiger partial charge in [0, 0.05) is 10.8 Å². The van der Waals surface area contributed by atoms with Crippen LogP contribution in [-0.2, 0) is 22.3 Å². The fraction of sp³-hybridized carbons (Fsp3) is 0.333. The maximum Gasteiger partial charge on any atom is 0.127 e. The summed E-state index contributed by atoms with van der Waals surface area (Å²) in [5.74, 6) is 1.90. The molecule has 0 N–H and O–H groups in total. The third-order valence-corrected chi connectivity index (χ3v) is 6.99. The zero-order chi connectivity index (χ0) is 27.6. The minimum absolute atomic E-state index is 0. The molecule has 2 aliphatic rings. The Bertz CT molecular complexity index is 1360. The molecule has 0 spiro atoms. The quantitative estimate of drug-likeness (QED) is 0.171. The summed E-state index contributed by atoms with van der Waals surface area (Å²) in [6.45, 7) is 7.36. The molecule has 5 aromatic carbocycles. The molecular weight excluding hydrogens is 532 g/mol. The van der Waals surface area contributed by atoms with Gasteiger partial charge in [0.2, 0.25) is 0 Å². The molecule has 2 saturated heterocycles. The summed E-state index contributed by atoms with van der Waals surface area (Å²) in [7, 11) is 0. The minimum atomic E-state index is 0. The van der Waals surface area contributed by atoms with Crippen molar-refractivity contribution in [1.29, 1.82) is 0 Å². The van der Waals surface area contributed by atoms with E-state index in [0.717, 1.165) is 37.6 Å². The molecule has 0 amide bonds. The van der Waals surface area contributed by atoms with E-state index in [9.17, 15) is 0 Å². The summed E-state index contributed by atoms with van der Waals surface area (Å²) < 4.78 is 21.7. The van der Waals surface area contributed by atoms with E-state index in [1.165, 1.54) is 32.7 Å². The van der Waals surface area contributed by atoms with Gasteiger partial charge < -0.3 is 18.9 Å². The highest BCUT2D eigenvalue weighted by atomic mass is 16.6. The van der Waals surface area contributed by atoms with Crippen LogP contribution in [0.2, 0.25) is 0 Å². The van der Waals surface area contributed by atoms with Gasteiger partial charge in [-0.05, 0) is 46.9 Å². The van der Waals surface area contributed by atoms with Crippen LogP contribution in [-0.4, -0.2) is 38.6 Å². The molecule has 0 aliphatic carbocycles. The van der Waals surface area contributed by atoms with Gasteiger partial charge in [-0.15, -0.1) is 0 Å². The Labute approximate surface area is 259 Å². The molecule has 2 fully saturated rings. The molecule has 2 atom stereocenters. The molecule has 5 aromatic rings. The number of epoxide rings is 2. The van der Waals surface area contributed by atoms with Gasteiger partial charge in [0.05, 0.1) is 13.2 Å². The van der Waals surface area contributed by atoms with E-state index in [2.05, 4.69) is 74.5 Å². The molecule has 230 valence electrons. The van der Waals surface area contributed by atoms with Crippen molar-refractivity contribution in [3.05, 3.63) is 120 Å². The molecule has 0 radical (unpaired) electrons. The van der Waals surface area contributed by atoms with Gasteiger partial charge in [0.25, 0.3) is 0 Å². The highest BCUT2D eigenvalue weighted by Crippen LogP contribution is 2.27. The van der Waals surface area contributed by atoms with E-state index in [0.29, 0.717) is 25.4 Å². The smallest absolute Gasteiger partial charge is 0.127 e. The number of hydrogen-bond acceptors (Lipinski definition) is 4. The Morgan fingerprint density at radius 3 is 1.21 bits per heavy atom. The molecule has 2 aliphatic heterocycles. The molecule has 0 aromatic heterocycles. The summed E-state index contributed by atoms with van der Waals surface area (Å²) in [5.41, 5.74) is 2.86. The van der Waals surface area contributed by atoms with Gasteiger partial charge >= 0.3 is 0 Å². The third kappa shape index (κ3) is 10.7. The standard InChI is InChI=1S/2C13H12O2.C10H14.3CH4/c2*1-2-6-12-10(4-1)5-3-7-13(12)15-9-11-8-14-11;1-3-9-5-7-10(4-2)8-6-9;;;/h2*1-7,11H,8-9H2;5-8H,3-4H2,1-2H3;3*1H4. The maximum absolute atomic E-state index is 5.72. The largest absolute Gasteiger partial charge is 0.490 e. The number of rotatable bonds is 8. The second kappa shape index (κ2) is 17.9. The molecule has 4 nitrogen and oxygen atoms in total. The van der Waals surface area contributed by atoms with Gasteiger partial charge in [-0.2, -0.15) is 0 Å².